The van der Waals surface area contributed by atoms with Gasteiger partial charge in [0, 0.05) is 30.2 Å². The average Bonchev–Trinajstić information content (AvgIpc) is 3.21. The van der Waals surface area contributed by atoms with Crippen molar-refractivity contribution in [3.8, 4) is 0 Å². The van der Waals surface area contributed by atoms with Crippen molar-refractivity contribution < 1.29 is 14.1 Å². The molecule has 0 spiro atoms. The number of ether oxygens (including phenoxy) is 1. The number of anilines is 1. The third-order valence-corrected chi connectivity index (χ3v) is 7.27. The predicted octanol–water partition coefficient (Wildman–Crippen LogP) is 1.16. The van der Waals surface area contributed by atoms with Crippen LogP contribution in [0.4, 0.5) is 5.69 Å². The fraction of sp³-hybridized carbons (Fsp3) is 0.190. The van der Waals surface area contributed by atoms with Gasteiger partial charge in [-0.2, -0.15) is 0 Å². The molecule has 0 aliphatic carbocycles. The number of para-hydroxylation sites is 1. The number of carbonyl (C=O) groups excluding carboxylic acids is 1. The van der Waals surface area contributed by atoms with Gasteiger partial charge >= 0.3 is 5.97 Å². The number of hydrogen-bond donors (Lipinski definition) is 1. The molecule has 0 fully saturated rings. The van der Waals surface area contributed by atoms with Crippen molar-refractivity contribution >= 4 is 45.9 Å². The molecule has 1 aromatic carbocycles. The van der Waals surface area contributed by atoms with Crippen LogP contribution in [0.3, 0.4) is 0 Å². The summed E-state index contributed by atoms with van der Waals surface area (Å²) in [6.07, 6.45) is 3.97. The number of methoxy groups -OCH3 is 1. The number of aromatic nitrogens is 2. The number of carbonyl (C=O) groups is 1. The molecule has 1 aliphatic heterocycles. The number of pyridine rings is 1. The Morgan fingerprint density at radius 3 is 2.72 bits per heavy atom. The average molecular weight is 426 g/mol. The molecule has 3 aromatic rings. The molecular formula is C21H21N4O2S2+. The first-order valence-corrected chi connectivity index (χ1v) is 10.6. The molecule has 1 N–H and O–H groups in total. The lowest BCUT2D eigenvalue weighted by Crippen LogP contribution is -2.37. The predicted molar refractivity (Wildman–Crippen MR) is 115 cm³/mol. The fourth-order valence-electron chi connectivity index (χ4n) is 3.16. The molecule has 2 aromatic heterocycles. The lowest BCUT2D eigenvalue weighted by molar-refractivity contribution is -0.673. The zero-order valence-corrected chi connectivity index (χ0v) is 18.0. The summed E-state index contributed by atoms with van der Waals surface area (Å²) in [4.78, 5) is 15.3. The van der Waals surface area contributed by atoms with Crippen LogP contribution in [-0.2, 0) is 23.1 Å². The Morgan fingerprint density at radius 2 is 2.00 bits per heavy atom. The summed E-state index contributed by atoms with van der Waals surface area (Å²) in [6, 6.07) is 14.1. The van der Waals surface area contributed by atoms with Crippen LogP contribution in [0, 0.1) is 5.41 Å². The molecule has 0 unspecified atom stereocenters. The Bertz CT molecular complexity index is 1280. The van der Waals surface area contributed by atoms with Crippen molar-refractivity contribution in [3.05, 3.63) is 69.0 Å². The van der Waals surface area contributed by atoms with Gasteiger partial charge in [0.15, 0.2) is 6.20 Å². The summed E-state index contributed by atoms with van der Waals surface area (Å²) >= 11 is 3.17. The Morgan fingerprint density at radius 1 is 1.24 bits per heavy atom. The number of benzene rings is 1. The normalized spacial score (nSPS) is 15.6. The molecule has 4 rings (SSSR count). The van der Waals surface area contributed by atoms with Gasteiger partial charge in [-0.3, -0.25) is 10.2 Å². The van der Waals surface area contributed by atoms with E-state index >= 15 is 0 Å². The summed E-state index contributed by atoms with van der Waals surface area (Å²) < 4.78 is 10.2. The quantitative estimate of drug-likeness (QED) is 0.505. The van der Waals surface area contributed by atoms with E-state index in [-0.39, 0.29) is 12.5 Å². The van der Waals surface area contributed by atoms with Crippen molar-refractivity contribution in [2.45, 2.75) is 11.4 Å². The van der Waals surface area contributed by atoms with Crippen LogP contribution >= 0.6 is 23.1 Å². The summed E-state index contributed by atoms with van der Waals surface area (Å²) in [5, 5.41) is 9.79. The number of nitrogens with one attached hydrogen (secondary N) is 1. The monoisotopic (exact) mass is 425 g/mol. The third-order valence-electron chi connectivity index (χ3n) is 4.77. The van der Waals surface area contributed by atoms with Crippen LogP contribution in [0.2, 0.25) is 0 Å². The molecule has 148 valence electrons. The van der Waals surface area contributed by atoms with Gasteiger partial charge in [0.1, 0.15) is 33.3 Å². The standard InChI is InChI=1S/C21H21N4O2S2/c1-23-11-7-6-8-14(23)12-17-25(13-18(26)27-3)20(22)19(29-17)21-24(2)15-9-4-5-10-16(15)28-21/h4-12,22H,13H2,1-3H3/q+1. The van der Waals surface area contributed by atoms with Crippen molar-refractivity contribution in [1.82, 2.24) is 4.57 Å². The summed E-state index contributed by atoms with van der Waals surface area (Å²) in [6.45, 7) is 0.00280. The highest BCUT2D eigenvalue weighted by molar-refractivity contribution is 8.08. The van der Waals surface area contributed by atoms with Gasteiger partial charge in [0.25, 0.3) is 0 Å². The van der Waals surface area contributed by atoms with E-state index in [0.717, 1.165) is 30.5 Å². The molecule has 0 atom stereocenters. The number of esters is 1. The molecule has 0 saturated heterocycles. The second-order valence-corrected chi connectivity index (χ2v) is 8.66. The van der Waals surface area contributed by atoms with Crippen LogP contribution in [0.15, 0.2) is 53.6 Å². The smallest absolute Gasteiger partial charge is 0.325 e. The largest absolute Gasteiger partial charge is 0.468 e. The van der Waals surface area contributed by atoms with Gasteiger partial charge < -0.3 is 14.2 Å². The second-order valence-electron chi connectivity index (χ2n) is 6.60. The molecule has 0 amide bonds. The van der Waals surface area contributed by atoms with E-state index in [1.165, 1.54) is 18.4 Å². The van der Waals surface area contributed by atoms with Crippen LogP contribution in [0.1, 0.15) is 5.69 Å². The maximum atomic E-state index is 12.0. The van der Waals surface area contributed by atoms with E-state index in [9.17, 15) is 4.79 Å². The molecule has 8 heteroatoms. The van der Waals surface area contributed by atoms with Gasteiger partial charge in [-0.05, 0) is 18.2 Å². The number of rotatable bonds is 3. The molecule has 6 nitrogen and oxygen atoms in total. The van der Waals surface area contributed by atoms with E-state index in [4.69, 9.17) is 10.1 Å². The highest BCUT2D eigenvalue weighted by Gasteiger charge is 2.24. The van der Waals surface area contributed by atoms with Crippen molar-refractivity contribution in [3.63, 3.8) is 0 Å². The lowest BCUT2D eigenvalue weighted by atomic mass is 10.3. The highest BCUT2D eigenvalue weighted by Crippen LogP contribution is 2.44. The first-order chi connectivity index (χ1) is 14.0. The van der Waals surface area contributed by atoms with Gasteiger partial charge in [0.2, 0.25) is 5.69 Å². The number of nitrogens with zero attached hydrogens (tertiary/aromatic N) is 3. The van der Waals surface area contributed by atoms with Crippen LogP contribution < -0.4 is 24.1 Å². The SMILES string of the molecule is COC(=O)Cn1c(=Cc2cccc[n+]2C)sc(=C2Sc3ccccc3N2C)c1=N. The summed E-state index contributed by atoms with van der Waals surface area (Å²) in [5.41, 5.74) is 2.42. The number of thioether (sulfide) groups is 1. The van der Waals surface area contributed by atoms with Crippen molar-refractivity contribution in [1.29, 1.82) is 5.41 Å². The molecule has 29 heavy (non-hydrogen) atoms. The summed E-state index contributed by atoms with van der Waals surface area (Å²) in [7, 11) is 5.35. The van der Waals surface area contributed by atoms with E-state index in [2.05, 4.69) is 17.0 Å². The molecule has 0 saturated carbocycles. The minimum Gasteiger partial charge on any atom is -0.468 e. The highest BCUT2D eigenvalue weighted by atomic mass is 32.2. The molecule has 3 heterocycles. The van der Waals surface area contributed by atoms with Gasteiger partial charge in [-0.15, -0.1) is 11.3 Å². The number of fused-ring (bicyclic) bond motifs is 1. The van der Waals surface area contributed by atoms with Gasteiger partial charge in [-0.1, -0.05) is 23.9 Å². The number of hydrogen-bond acceptors (Lipinski definition) is 6. The van der Waals surface area contributed by atoms with Gasteiger partial charge in [-0.25, -0.2) is 4.57 Å². The fourth-order valence-corrected chi connectivity index (χ4v) is 5.58. The first kappa shape index (κ1) is 19.5. The number of thiazole rings is 1. The Kier molecular flexibility index (Phi) is 5.29. The van der Waals surface area contributed by atoms with Gasteiger partial charge in [0.05, 0.1) is 12.8 Å². The Balaban J connectivity index is 1.96. The first-order valence-electron chi connectivity index (χ1n) is 9.02. The van der Waals surface area contributed by atoms with Crippen LogP contribution in [0.5, 0.6) is 0 Å². The van der Waals surface area contributed by atoms with E-state index in [1.54, 1.807) is 16.3 Å². The topological polar surface area (TPSA) is 62.2 Å². The van der Waals surface area contributed by atoms with E-state index in [0.29, 0.717) is 5.49 Å². The minimum absolute atomic E-state index is 0.00280. The van der Waals surface area contributed by atoms with E-state index in [1.807, 2.05) is 61.3 Å². The lowest BCUT2D eigenvalue weighted by Gasteiger charge is -2.12. The number of aryl methyl sites for hydroxylation is 1. The molecular weight excluding hydrogens is 404 g/mol. The zero-order valence-electron chi connectivity index (χ0n) is 16.4. The molecule has 0 bridgehead atoms. The zero-order chi connectivity index (χ0) is 20.5. The maximum absolute atomic E-state index is 12.0. The Hall–Kier alpha value is -2.84. The maximum Gasteiger partial charge on any atom is 0.325 e. The summed E-state index contributed by atoms with van der Waals surface area (Å²) in [5.74, 6) is -0.374. The molecule has 0 radical (unpaired) electrons. The second kappa shape index (κ2) is 7.88. The van der Waals surface area contributed by atoms with Crippen molar-refractivity contribution in [2.75, 3.05) is 19.1 Å². The van der Waals surface area contributed by atoms with Crippen molar-refractivity contribution in [2.24, 2.45) is 7.05 Å². The minimum atomic E-state index is -0.374. The third kappa shape index (κ3) is 3.61. The van der Waals surface area contributed by atoms with Crippen LogP contribution in [-0.4, -0.2) is 24.7 Å². The Labute approximate surface area is 176 Å². The molecule has 1 aliphatic rings. The van der Waals surface area contributed by atoms with E-state index < -0.39 is 0 Å². The van der Waals surface area contributed by atoms with Crippen LogP contribution in [0.25, 0.3) is 11.1 Å².